The van der Waals surface area contributed by atoms with Gasteiger partial charge in [-0.25, -0.2) is 0 Å². The zero-order valence-electron chi connectivity index (χ0n) is 12.4. The molecule has 0 aliphatic rings. The van der Waals surface area contributed by atoms with E-state index in [9.17, 15) is 28.1 Å². The molecule has 0 aromatic heterocycles. The Morgan fingerprint density at radius 1 is 1.00 bits per heavy atom. The van der Waals surface area contributed by atoms with Gasteiger partial charge in [-0.3, -0.25) is 14.9 Å². The van der Waals surface area contributed by atoms with Crippen LogP contribution in [0.5, 0.6) is 0 Å². The number of alkyl halides is 3. The lowest BCUT2D eigenvalue weighted by molar-refractivity contribution is -0.384. The molecule has 2 aromatic carbocycles. The molecule has 0 fully saturated rings. The van der Waals surface area contributed by atoms with Crippen LogP contribution in [0.25, 0.3) is 0 Å². The first-order valence-electron chi connectivity index (χ1n) is 6.91. The van der Waals surface area contributed by atoms with Gasteiger partial charge in [-0.15, -0.1) is 0 Å². The van der Waals surface area contributed by atoms with Crippen molar-refractivity contribution < 1.29 is 22.9 Å². The number of halogens is 3. The van der Waals surface area contributed by atoms with Crippen molar-refractivity contribution in [3.63, 3.8) is 0 Å². The van der Waals surface area contributed by atoms with Crippen LogP contribution in [0.4, 0.5) is 18.9 Å². The largest absolute Gasteiger partial charge is 0.471 e. The molecule has 0 aliphatic carbocycles. The van der Waals surface area contributed by atoms with Crippen LogP contribution in [0.3, 0.4) is 0 Å². The number of carbonyl (C=O) groups excluding carboxylic acids is 1. The molecule has 0 aliphatic heterocycles. The van der Waals surface area contributed by atoms with E-state index in [2.05, 4.69) is 0 Å². The van der Waals surface area contributed by atoms with Crippen molar-refractivity contribution in [1.29, 1.82) is 0 Å². The molecular weight excluding hydrogens is 325 g/mol. The van der Waals surface area contributed by atoms with E-state index < -0.39 is 17.0 Å². The molecule has 5 nitrogen and oxygen atoms in total. The molecule has 0 atom stereocenters. The number of nitro benzene ring substituents is 1. The fourth-order valence-corrected chi connectivity index (χ4v) is 2.17. The predicted molar refractivity (Wildman–Crippen MR) is 79.8 cm³/mol. The summed E-state index contributed by atoms with van der Waals surface area (Å²) < 4.78 is 38.4. The third-order valence-electron chi connectivity index (χ3n) is 3.24. The molecule has 2 rings (SSSR count). The summed E-state index contributed by atoms with van der Waals surface area (Å²) in [6, 6.07) is 13.4. The summed E-state index contributed by atoms with van der Waals surface area (Å²) in [5, 5.41) is 10.8. The first-order valence-corrected chi connectivity index (χ1v) is 6.91. The Balaban J connectivity index is 2.27. The third-order valence-corrected chi connectivity index (χ3v) is 3.24. The van der Waals surface area contributed by atoms with Crippen molar-refractivity contribution in [3.8, 4) is 0 Å². The molecular formula is C16H13F3N2O3. The highest BCUT2D eigenvalue weighted by molar-refractivity contribution is 5.81. The van der Waals surface area contributed by atoms with Gasteiger partial charge < -0.3 is 4.90 Å². The number of nitro groups is 1. The van der Waals surface area contributed by atoms with Crippen LogP contribution in [0.1, 0.15) is 11.1 Å². The fraction of sp³-hybridized carbons (Fsp3) is 0.188. The topological polar surface area (TPSA) is 63.5 Å². The number of amides is 1. The van der Waals surface area contributed by atoms with Gasteiger partial charge in [-0.05, 0) is 11.1 Å². The predicted octanol–water partition coefficient (Wildman–Crippen LogP) is 3.69. The summed E-state index contributed by atoms with van der Waals surface area (Å²) in [5.74, 6) is -1.99. The normalized spacial score (nSPS) is 11.1. The second-order valence-corrected chi connectivity index (χ2v) is 5.07. The first-order chi connectivity index (χ1) is 11.3. The lowest BCUT2D eigenvalue weighted by atomic mass is 10.1. The van der Waals surface area contributed by atoms with Crippen molar-refractivity contribution in [2.45, 2.75) is 19.3 Å². The van der Waals surface area contributed by atoms with E-state index in [1.807, 2.05) is 0 Å². The minimum absolute atomic E-state index is 0.244. The SMILES string of the molecule is O=C(N(Cc1ccccc1)Cc1cccc([N+](=O)[O-])c1)C(F)(F)F. The van der Waals surface area contributed by atoms with Gasteiger partial charge in [0.2, 0.25) is 0 Å². The summed E-state index contributed by atoms with van der Waals surface area (Å²) >= 11 is 0. The van der Waals surface area contributed by atoms with E-state index in [4.69, 9.17) is 0 Å². The van der Waals surface area contributed by atoms with Gasteiger partial charge in [-0.1, -0.05) is 42.5 Å². The molecule has 1 amide bonds. The molecule has 0 N–H and O–H groups in total. The molecule has 0 heterocycles. The van der Waals surface area contributed by atoms with Crippen molar-refractivity contribution in [2.75, 3.05) is 0 Å². The number of hydrogen-bond acceptors (Lipinski definition) is 3. The molecule has 0 spiro atoms. The summed E-state index contributed by atoms with van der Waals surface area (Å²) in [5.41, 5.74) is 0.532. The van der Waals surface area contributed by atoms with Crippen molar-refractivity contribution in [1.82, 2.24) is 4.90 Å². The van der Waals surface area contributed by atoms with Crippen molar-refractivity contribution in [3.05, 3.63) is 75.8 Å². The van der Waals surface area contributed by atoms with E-state index in [0.717, 1.165) is 6.07 Å². The van der Waals surface area contributed by atoms with Crippen LogP contribution in [0.2, 0.25) is 0 Å². The van der Waals surface area contributed by atoms with Gasteiger partial charge in [0.05, 0.1) is 4.92 Å². The van der Waals surface area contributed by atoms with Crippen LogP contribution >= 0.6 is 0 Å². The molecule has 2 aromatic rings. The van der Waals surface area contributed by atoms with Crippen LogP contribution in [-0.2, 0) is 17.9 Å². The smallest absolute Gasteiger partial charge is 0.326 e. The van der Waals surface area contributed by atoms with Crippen LogP contribution < -0.4 is 0 Å². The van der Waals surface area contributed by atoms with Gasteiger partial charge in [-0.2, -0.15) is 13.2 Å². The van der Waals surface area contributed by atoms with E-state index in [-0.39, 0.29) is 24.3 Å². The van der Waals surface area contributed by atoms with Crippen molar-refractivity contribution in [2.24, 2.45) is 0 Å². The Hall–Kier alpha value is -2.90. The molecule has 126 valence electrons. The maximum Gasteiger partial charge on any atom is 0.471 e. The van der Waals surface area contributed by atoms with Gasteiger partial charge in [0.1, 0.15) is 0 Å². The summed E-state index contributed by atoms with van der Waals surface area (Å²) in [7, 11) is 0. The maximum absolute atomic E-state index is 12.8. The van der Waals surface area contributed by atoms with Gasteiger partial charge in [0, 0.05) is 25.2 Å². The average molecular weight is 338 g/mol. The maximum atomic E-state index is 12.8. The average Bonchev–Trinajstić information content (AvgIpc) is 2.54. The fourth-order valence-electron chi connectivity index (χ4n) is 2.17. The molecule has 0 radical (unpaired) electrons. The monoisotopic (exact) mass is 338 g/mol. The number of hydrogen-bond donors (Lipinski definition) is 0. The second kappa shape index (κ2) is 7.12. The van der Waals surface area contributed by atoms with E-state index in [0.29, 0.717) is 10.5 Å². The highest BCUT2D eigenvalue weighted by Crippen LogP contribution is 2.23. The molecule has 0 saturated heterocycles. The van der Waals surface area contributed by atoms with Crippen molar-refractivity contribution >= 4 is 11.6 Å². The van der Waals surface area contributed by atoms with E-state index in [1.54, 1.807) is 30.3 Å². The van der Waals surface area contributed by atoms with E-state index >= 15 is 0 Å². The number of nitrogens with zero attached hydrogens (tertiary/aromatic N) is 2. The zero-order valence-corrected chi connectivity index (χ0v) is 12.4. The minimum Gasteiger partial charge on any atom is -0.326 e. The Morgan fingerprint density at radius 2 is 1.58 bits per heavy atom. The Labute approximate surface area is 135 Å². The van der Waals surface area contributed by atoms with Gasteiger partial charge in [0.15, 0.2) is 0 Å². The highest BCUT2D eigenvalue weighted by atomic mass is 19.4. The molecule has 0 saturated carbocycles. The van der Waals surface area contributed by atoms with Crippen LogP contribution in [-0.4, -0.2) is 21.9 Å². The van der Waals surface area contributed by atoms with Gasteiger partial charge in [0.25, 0.3) is 5.69 Å². The minimum atomic E-state index is -5.02. The summed E-state index contributed by atoms with van der Waals surface area (Å²) in [6.07, 6.45) is -5.02. The number of rotatable bonds is 5. The molecule has 0 bridgehead atoms. The first kappa shape index (κ1) is 17.5. The number of non-ortho nitro benzene ring substituents is 1. The number of carbonyl (C=O) groups is 1. The highest BCUT2D eigenvalue weighted by Gasteiger charge is 2.42. The van der Waals surface area contributed by atoms with E-state index in [1.165, 1.54) is 18.2 Å². The number of benzene rings is 2. The Morgan fingerprint density at radius 3 is 2.17 bits per heavy atom. The van der Waals surface area contributed by atoms with Crippen LogP contribution in [0.15, 0.2) is 54.6 Å². The molecule has 24 heavy (non-hydrogen) atoms. The second-order valence-electron chi connectivity index (χ2n) is 5.07. The lowest BCUT2D eigenvalue weighted by Gasteiger charge is -2.24. The Kier molecular flexibility index (Phi) is 5.18. The van der Waals surface area contributed by atoms with Gasteiger partial charge >= 0.3 is 12.1 Å². The molecule has 8 heteroatoms. The summed E-state index contributed by atoms with van der Waals surface area (Å²) in [6.45, 7) is -0.628. The zero-order chi connectivity index (χ0) is 17.7. The standard InChI is InChI=1S/C16H13F3N2O3/c17-16(18,19)15(22)20(10-12-5-2-1-3-6-12)11-13-7-4-8-14(9-13)21(23)24/h1-9H,10-11H2. The van der Waals surface area contributed by atoms with Crippen LogP contribution in [0, 0.1) is 10.1 Å². The summed E-state index contributed by atoms with van der Waals surface area (Å²) in [4.78, 5) is 22.4. The lowest BCUT2D eigenvalue weighted by Crippen LogP contribution is -2.40. The third kappa shape index (κ3) is 4.55. The quantitative estimate of drug-likeness (QED) is 0.617. The molecule has 0 unspecified atom stereocenters. The Bertz CT molecular complexity index is 733.